The second-order valence-electron chi connectivity index (χ2n) is 4.34. The summed E-state index contributed by atoms with van der Waals surface area (Å²) in [5, 5.41) is 3.28. The maximum atomic E-state index is 5.79. The van der Waals surface area contributed by atoms with Gasteiger partial charge in [-0.1, -0.05) is 48.5 Å². The first kappa shape index (κ1) is 16.3. The van der Waals surface area contributed by atoms with Gasteiger partial charge in [0.2, 0.25) is 0 Å². The Bertz CT molecular complexity index is 513. The average Bonchev–Trinajstić information content (AvgIpc) is 2.47. The summed E-state index contributed by atoms with van der Waals surface area (Å²) in [4.78, 5) is 0. The minimum Gasteiger partial charge on any atom is -0.489 e. The number of nitrogens with one attached hydrogen (secondary N) is 1. The minimum absolute atomic E-state index is 0. The molecule has 0 saturated heterocycles. The van der Waals surface area contributed by atoms with Crippen molar-refractivity contribution in [3.8, 4) is 5.75 Å². The summed E-state index contributed by atoms with van der Waals surface area (Å²) in [5.41, 5.74) is 2.39. The maximum absolute atomic E-state index is 5.79. The summed E-state index contributed by atoms with van der Waals surface area (Å²) in [6.07, 6.45) is 1.86. The molecular weight excluding hydrogens is 270 g/mol. The number of halogens is 1. The lowest BCUT2D eigenvalue weighted by Crippen LogP contribution is -2.12. The van der Waals surface area contributed by atoms with E-state index in [1.165, 1.54) is 11.1 Å². The highest BCUT2D eigenvalue weighted by Crippen LogP contribution is 2.15. The highest BCUT2D eigenvalue weighted by atomic mass is 35.5. The molecule has 0 radical (unpaired) electrons. The van der Waals surface area contributed by atoms with Crippen LogP contribution in [-0.4, -0.2) is 6.54 Å². The van der Waals surface area contributed by atoms with E-state index < -0.39 is 0 Å². The molecule has 1 N–H and O–H groups in total. The number of ether oxygens (including phenoxy) is 1. The molecule has 0 unspecified atom stereocenters. The van der Waals surface area contributed by atoms with Gasteiger partial charge in [0.1, 0.15) is 12.4 Å². The lowest BCUT2D eigenvalue weighted by atomic mass is 10.2. The van der Waals surface area contributed by atoms with Gasteiger partial charge in [-0.05, 0) is 23.3 Å². The fraction of sp³-hybridized carbons (Fsp3) is 0.176. The number of hydrogen-bond acceptors (Lipinski definition) is 2. The molecule has 0 aliphatic heterocycles. The molecule has 0 aliphatic rings. The Kier molecular flexibility index (Phi) is 7.48. The molecule has 3 heteroatoms. The van der Waals surface area contributed by atoms with Gasteiger partial charge >= 0.3 is 0 Å². The van der Waals surface area contributed by atoms with Gasteiger partial charge in [0, 0.05) is 13.1 Å². The van der Waals surface area contributed by atoms with E-state index in [1.54, 1.807) is 0 Å². The molecule has 0 heterocycles. The minimum atomic E-state index is 0. The molecule has 106 valence electrons. The van der Waals surface area contributed by atoms with E-state index in [0.717, 1.165) is 18.8 Å². The molecule has 0 atom stereocenters. The zero-order valence-electron chi connectivity index (χ0n) is 11.4. The van der Waals surface area contributed by atoms with Crippen LogP contribution in [0.1, 0.15) is 11.1 Å². The van der Waals surface area contributed by atoms with Crippen LogP contribution in [0.15, 0.2) is 67.3 Å². The van der Waals surface area contributed by atoms with Gasteiger partial charge in [0.25, 0.3) is 0 Å². The predicted molar refractivity (Wildman–Crippen MR) is 86.4 cm³/mol. The van der Waals surface area contributed by atoms with E-state index in [9.17, 15) is 0 Å². The smallest absolute Gasteiger partial charge is 0.120 e. The molecule has 0 amide bonds. The Morgan fingerprint density at radius 2 is 1.75 bits per heavy atom. The summed E-state index contributed by atoms with van der Waals surface area (Å²) >= 11 is 0. The number of hydrogen-bond donors (Lipinski definition) is 1. The first-order valence-electron chi connectivity index (χ1n) is 6.46. The van der Waals surface area contributed by atoms with Gasteiger partial charge in [0.15, 0.2) is 0 Å². The summed E-state index contributed by atoms with van der Waals surface area (Å²) in [7, 11) is 0. The average molecular weight is 290 g/mol. The zero-order valence-corrected chi connectivity index (χ0v) is 12.2. The topological polar surface area (TPSA) is 21.3 Å². The maximum Gasteiger partial charge on any atom is 0.120 e. The molecule has 0 aromatic heterocycles. The molecule has 0 aliphatic carbocycles. The van der Waals surface area contributed by atoms with Gasteiger partial charge < -0.3 is 10.1 Å². The van der Waals surface area contributed by atoms with Crippen molar-refractivity contribution in [3.63, 3.8) is 0 Å². The second-order valence-corrected chi connectivity index (χ2v) is 4.34. The van der Waals surface area contributed by atoms with Crippen LogP contribution >= 0.6 is 12.4 Å². The number of rotatable bonds is 7. The highest BCUT2D eigenvalue weighted by Gasteiger charge is 1.97. The molecule has 0 spiro atoms. The Morgan fingerprint density at radius 1 is 1.00 bits per heavy atom. The normalized spacial score (nSPS) is 9.60. The molecular formula is C17H20ClNO. The fourth-order valence-electron chi connectivity index (χ4n) is 1.80. The summed E-state index contributed by atoms with van der Waals surface area (Å²) in [6, 6.07) is 18.3. The lowest BCUT2D eigenvalue weighted by Gasteiger charge is -2.08. The quantitative estimate of drug-likeness (QED) is 0.615. The third-order valence-corrected chi connectivity index (χ3v) is 2.76. The lowest BCUT2D eigenvalue weighted by molar-refractivity contribution is 0.306. The van der Waals surface area contributed by atoms with Gasteiger partial charge in [-0.3, -0.25) is 0 Å². The third-order valence-electron chi connectivity index (χ3n) is 2.76. The van der Waals surface area contributed by atoms with Crippen molar-refractivity contribution in [1.29, 1.82) is 0 Å². The molecule has 0 bridgehead atoms. The van der Waals surface area contributed by atoms with Crippen LogP contribution in [0.25, 0.3) is 0 Å². The van der Waals surface area contributed by atoms with E-state index in [-0.39, 0.29) is 12.4 Å². The van der Waals surface area contributed by atoms with Gasteiger partial charge in [0.05, 0.1) is 0 Å². The molecule has 20 heavy (non-hydrogen) atoms. The van der Waals surface area contributed by atoms with Crippen molar-refractivity contribution in [2.24, 2.45) is 0 Å². The van der Waals surface area contributed by atoms with Gasteiger partial charge in [-0.25, -0.2) is 0 Å². The Morgan fingerprint density at radius 3 is 2.50 bits per heavy atom. The van der Waals surface area contributed by atoms with E-state index in [4.69, 9.17) is 4.74 Å². The largest absolute Gasteiger partial charge is 0.489 e. The fourth-order valence-corrected chi connectivity index (χ4v) is 1.80. The SMILES string of the molecule is C=CCNCc1cccc(OCc2ccccc2)c1.Cl. The van der Waals surface area contributed by atoms with E-state index in [2.05, 4.69) is 36.2 Å². The summed E-state index contributed by atoms with van der Waals surface area (Å²) in [5.74, 6) is 0.904. The van der Waals surface area contributed by atoms with Gasteiger partial charge in [-0.15, -0.1) is 19.0 Å². The van der Waals surface area contributed by atoms with E-state index in [0.29, 0.717) is 6.61 Å². The Hall–Kier alpha value is -1.77. The molecule has 2 aromatic rings. The molecule has 2 aromatic carbocycles. The predicted octanol–water partition coefficient (Wildman–Crippen LogP) is 3.96. The summed E-state index contributed by atoms with van der Waals surface area (Å²) in [6.45, 7) is 5.93. The van der Waals surface area contributed by atoms with Crippen LogP contribution < -0.4 is 10.1 Å². The van der Waals surface area contributed by atoms with E-state index >= 15 is 0 Å². The Balaban J connectivity index is 0.00000200. The van der Waals surface area contributed by atoms with Crippen LogP contribution in [-0.2, 0) is 13.2 Å². The van der Waals surface area contributed by atoms with Gasteiger partial charge in [-0.2, -0.15) is 0 Å². The zero-order chi connectivity index (χ0) is 13.3. The van der Waals surface area contributed by atoms with Crippen LogP contribution in [0, 0.1) is 0 Å². The molecule has 2 nitrogen and oxygen atoms in total. The summed E-state index contributed by atoms with van der Waals surface area (Å²) < 4.78 is 5.79. The monoisotopic (exact) mass is 289 g/mol. The molecule has 0 fully saturated rings. The first-order chi connectivity index (χ1) is 9.38. The van der Waals surface area contributed by atoms with Crippen LogP contribution in [0.5, 0.6) is 5.75 Å². The molecule has 0 saturated carbocycles. The number of benzene rings is 2. The van der Waals surface area contributed by atoms with Crippen molar-refractivity contribution in [2.75, 3.05) is 6.54 Å². The van der Waals surface area contributed by atoms with Crippen molar-refractivity contribution in [2.45, 2.75) is 13.2 Å². The van der Waals surface area contributed by atoms with Crippen molar-refractivity contribution >= 4 is 12.4 Å². The van der Waals surface area contributed by atoms with Crippen molar-refractivity contribution in [1.82, 2.24) is 5.32 Å². The Labute approximate surface area is 126 Å². The van der Waals surface area contributed by atoms with Crippen LogP contribution in [0.3, 0.4) is 0 Å². The first-order valence-corrected chi connectivity index (χ1v) is 6.46. The van der Waals surface area contributed by atoms with E-state index in [1.807, 2.05) is 36.4 Å². The standard InChI is InChI=1S/C17H19NO.ClH/c1-2-11-18-13-16-9-6-10-17(12-16)19-14-15-7-4-3-5-8-15;/h2-10,12,18H,1,11,13-14H2;1H. The molecule has 2 rings (SSSR count). The van der Waals surface area contributed by atoms with Crippen LogP contribution in [0.4, 0.5) is 0 Å². The van der Waals surface area contributed by atoms with Crippen molar-refractivity contribution < 1.29 is 4.74 Å². The highest BCUT2D eigenvalue weighted by molar-refractivity contribution is 5.85. The van der Waals surface area contributed by atoms with Crippen LogP contribution in [0.2, 0.25) is 0 Å². The third kappa shape index (κ3) is 5.47. The van der Waals surface area contributed by atoms with Crippen molar-refractivity contribution in [3.05, 3.63) is 78.4 Å². The second kappa shape index (κ2) is 9.18.